The van der Waals surface area contributed by atoms with E-state index in [2.05, 4.69) is 15.6 Å². The zero-order valence-corrected chi connectivity index (χ0v) is 8.97. The van der Waals surface area contributed by atoms with Crippen LogP contribution in [0.15, 0.2) is 11.6 Å². The smallest absolute Gasteiger partial charge is 0.400 e. The Morgan fingerprint density at radius 2 is 1.42 bits per heavy atom. The quantitative estimate of drug-likeness (QED) is 0.722. The molecule has 0 aliphatic carbocycles. The van der Waals surface area contributed by atoms with Gasteiger partial charge in [0.1, 0.15) is 0 Å². The molecule has 7 heteroatoms. The molecule has 2 unspecified atom stereocenters. The lowest BCUT2D eigenvalue weighted by Crippen LogP contribution is -1.71. The average molecular weight is 214 g/mol. The molecule has 0 heterocycles. The van der Waals surface area contributed by atoms with Crippen molar-refractivity contribution in [2.24, 2.45) is 0 Å². The number of aliphatic hydroxyl groups is 1. The first kappa shape index (κ1) is 14.3. The molecule has 0 spiro atoms. The number of rotatable bonds is 4. The summed E-state index contributed by atoms with van der Waals surface area (Å²) in [6, 6.07) is 0. The van der Waals surface area contributed by atoms with Crippen molar-refractivity contribution in [1.29, 1.82) is 0 Å². The number of aliphatic hydroxyl groups excluding tert-OH is 1. The highest BCUT2D eigenvalue weighted by molar-refractivity contribution is 7.65. The minimum Gasteiger partial charge on any atom is -0.400 e. The van der Waals surface area contributed by atoms with Crippen LogP contribution < -0.4 is 0 Å². The van der Waals surface area contributed by atoms with Gasteiger partial charge in [-0.25, -0.2) is 0 Å². The summed E-state index contributed by atoms with van der Waals surface area (Å²) < 4.78 is 30.1. The van der Waals surface area contributed by atoms with Crippen molar-refractivity contribution in [3.8, 4) is 0 Å². The summed E-state index contributed by atoms with van der Waals surface area (Å²) in [5, 5.41) is 7.00. The first-order chi connectivity index (χ1) is 5.63. The van der Waals surface area contributed by atoms with E-state index in [0.29, 0.717) is 0 Å². The summed E-state index contributed by atoms with van der Waals surface area (Å²) in [4.78, 5) is 0. The van der Waals surface area contributed by atoms with Crippen LogP contribution in [-0.2, 0) is 18.2 Å². The largest absolute Gasteiger partial charge is 0.601 e. The van der Waals surface area contributed by atoms with Crippen LogP contribution in [0.2, 0.25) is 0 Å². The van der Waals surface area contributed by atoms with E-state index in [1.807, 2.05) is 0 Å². The molecular formula is C5H12O5P2+2. The van der Waals surface area contributed by atoms with Crippen molar-refractivity contribution in [2.45, 2.75) is 0 Å². The Kier molecular flexibility index (Phi) is 10.7. The highest BCUT2D eigenvalue weighted by Gasteiger charge is 2.42. The lowest BCUT2D eigenvalue weighted by Gasteiger charge is -1.72. The number of hydrogen-bond acceptors (Lipinski definition) is 5. The third-order valence-corrected chi connectivity index (χ3v) is 3.24. The van der Waals surface area contributed by atoms with Gasteiger partial charge in [-0.1, -0.05) is 0 Å². The molecule has 5 nitrogen and oxygen atoms in total. The maximum absolute atomic E-state index is 10.7. The monoisotopic (exact) mass is 214 g/mol. The van der Waals surface area contributed by atoms with E-state index < -0.39 is 16.1 Å². The molecular weight excluding hydrogens is 202 g/mol. The second-order valence-corrected chi connectivity index (χ2v) is 4.49. The highest BCUT2D eigenvalue weighted by atomic mass is 31.2. The Morgan fingerprint density at radius 3 is 1.58 bits per heavy atom. The zero-order valence-electron chi connectivity index (χ0n) is 7.18. The molecule has 1 N–H and O–H groups in total. The molecule has 12 heavy (non-hydrogen) atoms. The third kappa shape index (κ3) is 5.47. The van der Waals surface area contributed by atoms with E-state index in [-0.39, 0.29) is 5.06 Å². The molecule has 0 aliphatic heterocycles. The summed E-state index contributed by atoms with van der Waals surface area (Å²) in [5.74, 6) is 0. The fraction of sp³-hybridized carbons (Fsp3) is 0.600. The lowest BCUT2D eigenvalue weighted by molar-refractivity contribution is 0.399. The van der Waals surface area contributed by atoms with Crippen molar-refractivity contribution in [2.75, 3.05) is 21.3 Å². The topological polar surface area (TPSA) is 72.8 Å². The predicted octanol–water partition coefficient (Wildman–Crippen LogP) is 1.84. The van der Waals surface area contributed by atoms with Gasteiger partial charge >= 0.3 is 21.1 Å². The summed E-state index contributed by atoms with van der Waals surface area (Å²) in [6.07, 6.45) is 0. The molecule has 0 aromatic rings. The SMILES string of the molecule is C=C([P+](=O)OC)[P+](=O)OC.CO. The second-order valence-electron chi connectivity index (χ2n) is 1.30. The molecule has 0 amide bonds. The minimum atomic E-state index is -2.04. The van der Waals surface area contributed by atoms with Gasteiger partial charge in [0, 0.05) is 13.7 Å². The third-order valence-electron chi connectivity index (χ3n) is 0.753. The van der Waals surface area contributed by atoms with Crippen molar-refractivity contribution < 1.29 is 23.3 Å². The number of hydrogen-bond donors (Lipinski definition) is 1. The van der Waals surface area contributed by atoms with Crippen LogP contribution in [-0.4, -0.2) is 26.4 Å². The van der Waals surface area contributed by atoms with Gasteiger partial charge in [-0.2, -0.15) is 0 Å². The summed E-state index contributed by atoms with van der Waals surface area (Å²) >= 11 is 0. The molecule has 70 valence electrons. The van der Waals surface area contributed by atoms with Gasteiger partial charge < -0.3 is 5.11 Å². The fourth-order valence-corrected chi connectivity index (χ4v) is 1.72. The Morgan fingerprint density at radius 1 is 1.17 bits per heavy atom. The Hall–Kier alpha value is -0.180. The summed E-state index contributed by atoms with van der Waals surface area (Å²) in [6.45, 7) is 3.28. The van der Waals surface area contributed by atoms with Gasteiger partial charge in [0.25, 0.3) is 0 Å². The molecule has 0 fully saturated rings. The first-order valence-corrected chi connectivity index (χ1v) is 5.15. The molecule has 0 saturated carbocycles. The Labute approximate surface area is 73.1 Å². The Balaban J connectivity index is 0. The van der Waals surface area contributed by atoms with Crippen molar-refractivity contribution in [1.82, 2.24) is 0 Å². The molecule has 0 aromatic heterocycles. The van der Waals surface area contributed by atoms with Gasteiger partial charge in [0.2, 0.25) is 0 Å². The van der Waals surface area contributed by atoms with Gasteiger partial charge in [-0.05, 0) is 9.13 Å². The van der Waals surface area contributed by atoms with Gasteiger partial charge in [0.15, 0.2) is 0 Å². The van der Waals surface area contributed by atoms with Gasteiger partial charge in [-0.3, -0.25) is 0 Å². The van der Waals surface area contributed by atoms with Crippen LogP contribution in [0.5, 0.6) is 0 Å². The predicted molar refractivity (Wildman–Crippen MR) is 46.5 cm³/mol. The van der Waals surface area contributed by atoms with E-state index in [9.17, 15) is 9.13 Å². The van der Waals surface area contributed by atoms with Gasteiger partial charge in [-0.15, -0.1) is 9.05 Å². The maximum Gasteiger partial charge on any atom is 0.601 e. The fourth-order valence-electron chi connectivity index (χ4n) is 0.277. The standard InChI is InChI=1S/C4H8O4P2.CH4O/c1-4(9(5)7-2)10(6)8-3;1-2/h1H2,2-3H3;2H,1H3/q+2;. The van der Waals surface area contributed by atoms with Crippen molar-refractivity contribution in [3.05, 3.63) is 11.6 Å². The van der Waals surface area contributed by atoms with Crippen molar-refractivity contribution >= 4 is 16.1 Å². The maximum atomic E-state index is 10.7. The zero-order chi connectivity index (χ0) is 10.1. The van der Waals surface area contributed by atoms with E-state index in [0.717, 1.165) is 7.11 Å². The minimum absolute atomic E-state index is 0.00463. The van der Waals surface area contributed by atoms with Crippen molar-refractivity contribution in [3.63, 3.8) is 0 Å². The summed E-state index contributed by atoms with van der Waals surface area (Å²) in [7, 11) is -0.570. The van der Waals surface area contributed by atoms with E-state index in [1.165, 1.54) is 14.2 Å². The normalized spacial score (nSPS) is 11.0. The van der Waals surface area contributed by atoms with E-state index >= 15 is 0 Å². The van der Waals surface area contributed by atoms with Crippen LogP contribution in [0.1, 0.15) is 0 Å². The Bertz CT molecular complexity index is 161. The van der Waals surface area contributed by atoms with Crippen LogP contribution in [0, 0.1) is 0 Å². The summed E-state index contributed by atoms with van der Waals surface area (Å²) in [5.41, 5.74) is 0. The highest BCUT2D eigenvalue weighted by Crippen LogP contribution is 2.47. The van der Waals surface area contributed by atoms with E-state index in [4.69, 9.17) is 5.11 Å². The average Bonchev–Trinajstić information content (AvgIpc) is 2.17. The van der Waals surface area contributed by atoms with E-state index in [1.54, 1.807) is 0 Å². The molecule has 0 rings (SSSR count). The molecule has 0 aliphatic rings. The van der Waals surface area contributed by atoms with Crippen LogP contribution in [0.25, 0.3) is 0 Å². The lowest BCUT2D eigenvalue weighted by atomic mass is 11.3. The molecule has 0 aromatic carbocycles. The molecule has 0 bridgehead atoms. The molecule has 2 atom stereocenters. The first-order valence-electron chi connectivity index (χ1n) is 2.79. The van der Waals surface area contributed by atoms with Gasteiger partial charge in [0.05, 0.1) is 14.2 Å². The van der Waals surface area contributed by atoms with Crippen LogP contribution in [0.3, 0.4) is 0 Å². The van der Waals surface area contributed by atoms with Crippen LogP contribution in [0.4, 0.5) is 0 Å². The second kappa shape index (κ2) is 8.91. The molecule has 0 saturated heterocycles. The molecule has 0 radical (unpaired) electrons. The van der Waals surface area contributed by atoms with Crippen LogP contribution >= 0.6 is 16.1 Å².